The van der Waals surface area contributed by atoms with Crippen molar-refractivity contribution in [3.63, 3.8) is 0 Å². The normalized spacial score (nSPS) is 11.8. The minimum atomic E-state index is -0.747. The molecule has 1 atom stereocenters. The Morgan fingerprint density at radius 1 is 1.10 bits per heavy atom. The molecule has 0 aromatic heterocycles. The van der Waals surface area contributed by atoms with Crippen molar-refractivity contribution in [2.24, 2.45) is 0 Å². The standard InChI is InChI=1S/C22H28BrN3O2S/c1-17(18-7-3-2-4-8-18)26(15-5-9-21(27)28)16-6-14-24-22(29)25-20-12-10-19(23)11-13-20/h2-4,7-8,10-13,17H,5-6,9,14-16H2,1H3,(H,27,28)(H2,24,25,29)/t17-/m0/s1. The predicted octanol–water partition coefficient (Wildman–Crippen LogP) is 5.05. The fraction of sp³-hybridized carbons (Fsp3) is 0.364. The molecule has 0 saturated heterocycles. The van der Waals surface area contributed by atoms with Gasteiger partial charge in [0.05, 0.1) is 0 Å². The third kappa shape index (κ3) is 8.94. The fourth-order valence-electron chi connectivity index (χ4n) is 3.07. The van der Waals surface area contributed by atoms with Gasteiger partial charge in [-0.25, -0.2) is 0 Å². The maximum atomic E-state index is 10.9. The van der Waals surface area contributed by atoms with Gasteiger partial charge in [0.1, 0.15) is 0 Å². The Hall–Kier alpha value is -1.96. The van der Waals surface area contributed by atoms with E-state index in [4.69, 9.17) is 17.3 Å². The van der Waals surface area contributed by atoms with E-state index in [0.717, 1.165) is 36.2 Å². The van der Waals surface area contributed by atoms with Gasteiger partial charge in [0, 0.05) is 35.7 Å². The molecular formula is C22H28BrN3O2S. The summed E-state index contributed by atoms with van der Waals surface area (Å²) in [5.41, 5.74) is 2.18. The summed E-state index contributed by atoms with van der Waals surface area (Å²) in [5.74, 6) is -0.747. The molecule has 7 heteroatoms. The van der Waals surface area contributed by atoms with E-state index in [2.05, 4.69) is 50.5 Å². The van der Waals surface area contributed by atoms with E-state index in [1.54, 1.807) is 0 Å². The number of nitrogens with zero attached hydrogens (tertiary/aromatic N) is 1. The van der Waals surface area contributed by atoms with E-state index >= 15 is 0 Å². The second kappa shape index (κ2) is 12.6. The molecule has 0 radical (unpaired) electrons. The van der Waals surface area contributed by atoms with E-state index in [-0.39, 0.29) is 12.5 Å². The number of carbonyl (C=O) groups is 1. The van der Waals surface area contributed by atoms with Crippen LogP contribution in [0.4, 0.5) is 5.69 Å². The Morgan fingerprint density at radius 3 is 2.41 bits per heavy atom. The Labute approximate surface area is 186 Å². The van der Waals surface area contributed by atoms with Crippen LogP contribution in [-0.2, 0) is 4.79 Å². The van der Waals surface area contributed by atoms with Gasteiger partial charge in [-0.05, 0) is 68.4 Å². The Bertz CT molecular complexity index is 771. The Balaban J connectivity index is 1.80. The third-order valence-electron chi connectivity index (χ3n) is 4.68. The number of benzene rings is 2. The first-order chi connectivity index (χ1) is 14.0. The number of thiocarbonyl (C=S) groups is 1. The lowest BCUT2D eigenvalue weighted by Gasteiger charge is -2.29. The van der Waals surface area contributed by atoms with Crippen LogP contribution in [0.1, 0.15) is 37.8 Å². The molecule has 5 nitrogen and oxygen atoms in total. The first kappa shape index (κ1) is 23.3. The van der Waals surface area contributed by atoms with Crippen molar-refractivity contribution in [1.29, 1.82) is 0 Å². The maximum absolute atomic E-state index is 10.9. The first-order valence-corrected chi connectivity index (χ1v) is 11.0. The van der Waals surface area contributed by atoms with Gasteiger partial charge in [0.25, 0.3) is 0 Å². The van der Waals surface area contributed by atoms with Crippen molar-refractivity contribution in [3.8, 4) is 0 Å². The zero-order valence-electron chi connectivity index (χ0n) is 16.6. The molecular weight excluding hydrogens is 450 g/mol. The van der Waals surface area contributed by atoms with E-state index in [9.17, 15) is 4.79 Å². The molecule has 2 aromatic rings. The van der Waals surface area contributed by atoms with Gasteiger partial charge in [0.15, 0.2) is 5.11 Å². The molecule has 0 heterocycles. The summed E-state index contributed by atoms with van der Waals surface area (Å²) in [6, 6.07) is 18.4. The molecule has 0 aliphatic carbocycles. The highest BCUT2D eigenvalue weighted by atomic mass is 79.9. The summed E-state index contributed by atoms with van der Waals surface area (Å²) in [7, 11) is 0. The summed E-state index contributed by atoms with van der Waals surface area (Å²) in [6.07, 6.45) is 1.74. The zero-order chi connectivity index (χ0) is 21.1. The van der Waals surface area contributed by atoms with Crippen LogP contribution in [0.15, 0.2) is 59.1 Å². The van der Waals surface area contributed by atoms with Crippen molar-refractivity contribution in [3.05, 3.63) is 64.6 Å². The number of hydrogen-bond acceptors (Lipinski definition) is 3. The van der Waals surface area contributed by atoms with Gasteiger partial charge in [-0.3, -0.25) is 9.69 Å². The van der Waals surface area contributed by atoms with Gasteiger partial charge < -0.3 is 15.7 Å². The van der Waals surface area contributed by atoms with Crippen LogP contribution < -0.4 is 10.6 Å². The Kier molecular flexibility index (Phi) is 10.1. The SMILES string of the molecule is C[C@@H](c1ccccc1)N(CCCNC(=S)Nc1ccc(Br)cc1)CCCC(=O)O. The van der Waals surface area contributed by atoms with Crippen molar-refractivity contribution in [2.75, 3.05) is 25.0 Å². The van der Waals surface area contributed by atoms with E-state index in [1.165, 1.54) is 5.56 Å². The molecule has 0 aliphatic heterocycles. The van der Waals surface area contributed by atoms with Crippen molar-refractivity contribution < 1.29 is 9.90 Å². The van der Waals surface area contributed by atoms with Gasteiger partial charge in [-0.2, -0.15) is 0 Å². The molecule has 0 fully saturated rings. The minimum Gasteiger partial charge on any atom is -0.481 e. The summed E-state index contributed by atoms with van der Waals surface area (Å²) in [6.45, 7) is 4.54. The molecule has 29 heavy (non-hydrogen) atoms. The second-order valence-corrected chi connectivity index (χ2v) is 8.19. The summed E-state index contributed by atoms with van der Waals surface area (Å²) in [5, 5.41) is 16.0. The van der Waals surface area contributed by atoms with Crippen molar-refractivity contribution >= 4 is 44.9 Å². The third-order valence-corrected chi connectivity index (χ3v) is 5.45. The molecule has 0 bridgehead atoms. The molecule has 0 saturated carbocycles. The van der Waals surface area contributed by atoms with Gasteiger partial charge in [-0.1, -0.05) is 46.3 Å². The second-order valence-electron chi connectivity index (χ2n) is 6.86. The van der Waals surface area contributed by atoms with E-state index < -0.39 is 5.97 Å². The average molecular weight is 478 g/mol. The molecule has 0 unspecified atom stereocenters. The number of anilines is 1. The van der Waals surface area contributed by atoms with Crippen LogP contribution >= 0.6 is 28.1 Å². The van der Waals surface area contributed by atoms with Crippen LogP contribution in [0, 0.1) is 0 Å². The monoisotopic (exact) mass is 477 g/mol. The number of nitrogens with one attached hydrogen (secondary N) is 2. The van der Waals surface area contributed by atoms with E-state index in [0.29, 0.717) is 11.5 Å². The highest BCUT2D eigenvalue weighted by Gasteiger charge is 2.15. The van der Waals surface area contributed by atoms with Crippen LogP contribution in [0.2, 0.25) is 0 Å². The molecule has 0 amide bonds. The highest BCUT2D eigenvalue weighted by molar-refractivity contribution is 9.10. The summed E-state index contributed by atoms with van der Waals surface area (Å²) in [4.78, 5) is 13.2. The summed E-state index contributed by atoms with van der Waals surface area (Å²) >= 11 is 8.78. The van der Waals surface area contributed by atoms with Crippen molar-refractivity contribution in [2.45, 2.75) is 32.2 Å². The molecule has 2 aromatic carbocycles. The molecule has 2 rings (SSSR count). The number of rotatable bonds is 11. The number of aliphatic carboxylic acids is 1. The zero-order valence-corrected chi connectivity index (χ0v) is 19.0. The topological polar surface area (TPSA) is 64.6 Å². The van der Waals surface area contributed by atoms with Gasteiger partial charge >= 0.3 is 5.97 Å². The lowest BCUT2D eigenvalue weighted by molar-refractivity contribution is -0.137. The Morgan fingerprint density at radius 2 is 1.76 bits per heavy atom. The molecule has 156 valence electrons. The van der Waals surface area contributed by atoms with Crippen molar-refractivity contribution in [1.82, 2.24) is 10.2 Å². The number of carboxylic acid groups (broad SMARTS) is 1. The number of hydrogen-bond donors (Lipinski definition) is 3. The minimum absolute atomic E-state index is 0.192. The molecule has 0 aliphatic rings. The number of halogens is 1. The number of carboxylic acids is 1. The van der Waals surface area contributed by atoms with Gasteiger partial charge in [0.2, 0.25) is 0 Å². The first-order valence-electron chi connectivity index (χ1n) is 9.77. The van der Waals surface area contributed by atoms with Gasteiger partial charge in [-0.15, -0.1) is 0 Å². The summed E-state index contributed by atoms with van der Waals surface area (Å²) < 4.78 is 1.03. The average Bonchev–Trinajstić information content (AvgIpc) is 2.71. The lowest BCUT2D eigenvalue weighted by Crippen LogP contribution is -2.34. The highest BCUT2D eigenvalue weighted by Crippen LogP contribution is 2.20. The largest absolute Gasteiger partial charge is 0.481 e. The lowest BCUT2D eigenvalue weighted by atomic mass is 10.1. The van der Waals surface area contributed by atoms with E-state index in [1.807, 2.05) is 42.5 Å². The molecule has 3 N–H and O–H groups in total. The maximum Gasteiger partial charge on any atom is 0.303 e. The smallest absolute Gasteiger partial charge is 0.303 e. The van der Waals surface area contributed by atoms with Crippen LogP contribution in [-0.4, -0.2) is 40.7 Å². The fourth-order valence-corrected chi connectivity index (χ4v) is 3.55. The quantitative estimate of drug-likeness (QED) is 0.310. The van der Waals surface area contributed by atoms with Crippen LogP contribution in [0.5, 0.6) is 0 Å². The molecule has 0 spiro atoms. The van der Waals surface area contributed by atoms with Crippen LogP contribution in [0.25, 0.3) is 0 Å². The van der Waals surface area contributed by atoms with Crippen LogP contribution in [0.3, 0.4) is 0 Å². The predicted molar refractivity (Wildman–Crippen MR) is 126 cm³/mol.